The van der Waals surface area contributed by atoms with Crippen LogP contribution in [0.2, 0.25) is 30.1 Å². The molecule has 12 aromatic heterocycles. The molecule has 0 aliphatic rings. The second kappa shape index (κ2) is 40.7. The number of methoxy groups -OCH3 is 1. The van der Waals surface area contributed by atoms with Gasteiger partial charge in [0, 0.05) is 54.2 Å². The van der Waals surface area contributed by atoms with Crippen LogP contribution in [0.25, 0.3) is 44.1 Å². The monoisotopic (exact) mass is 2150 g/mol. The third kappa shape index (κ3) is 22.7. The third-order valence-corrected chi connectivity index (χ3v) is 27.4. The van der Waals surface area contributed by atoms with Gasteiger partial charge in [-0.3, -0.25) is 58.0 Å². The van der Waals surface area contributed by atoms with Gasteiger partial charge < -0.3 is 29.9 Å². The lowest BCUT2D eigenvalue weighted by atomic mass is 10.0. The van der Waals surface area contributed by atoms with Gasteiger partial charge in [-0.15, -0.1) is 0 Å². The molecule has 0 bridgehead atoms. The van der Waals surface area contributed by atoms with E-state index in [0.717, 1.165) is 59.5 Å². The van der Waals surface area contributed by atoms with E-state index in [4.69, 9.17) is 79.1 Å². The van der Waals surface area contributed by atoms with Crippen LogP contribution < -0.4 is 37.8 Å². The van der Waals surface area contributed by atoms with Gasteiger partial charge in [0.2, 0.25) is 23.1 Å². The van der Waals surface area contributed by atoms with E-state index in [2.05, 4.69) is 68.7 Å². The molecule has 734 valence electrons. The Balaban J connectivity index is 0.000000158. The highest BCUT2D eigenvalue weighted by Crippen LogP contribution is 2.44. The van der Waals surface area contributed by atoms with Crippen molar-refractivity contribution in [1.29, 1.82) is 0 Å². The number of benzene rings is 4. The molecule has 0 aliphatic heterocycles. The number of aromatic nitrogens is 12. The van der Waals surface area contributed by atoms with E-state index in [1.807, 2.05) is 0 Å². The fourth-order valence-corrected chi connectivity index (χ4v) is 19.4. The Labute approximate surface area is 817 Å². The van der Waals surface area contributed by atoms with Crippen LogP contribution in [0.15, 0.2) is 227 Å². The number of sulfonamides is 4. The van der Waals surface area contributed by atoms with Gasteiger partial charge in [0.1, 0.15) is 39.8 Å². The molecule has 12 heterocycles. The van der Waals surface area contributed by atoms with Gasteiger partial charge in [-0.2, -0.15) is 52.7 Å². The van der Waals surface area contributed by atoms with Crippen LogP contribution in [-0.4, -0.2) is 130 Å². The maximum Gasteiger partial charge on any atom is 0.417 e. The number of rotatable bonds is 24. The first-order valence-corrected chi connectivity index (χ1v) is 47.8. The number of H-pyrrole nitrogens is 4. The minimum atomic E-state index is -4.89. The first kappa shape index (κ1) is 104. The summed E-state index contributed by atoms with van der Waals surface area (Å²) in [5.74, 6) is -2.79. The molecule has 16 rings (SSSR count). The van der Waals surface area contributed by atoms with Gasteiger partial charge in [-0.1, -0.05) is 76.5 Å². The second-order valence-corrected chi connectivity index (χ2v) is 39.0. The predicted octanol–water partition coefficient (Wildman–Crippen LogP) is 19.9. The number of halogens is 18. The number of carbonyl (C=O) groups is 4. The zero-order chi connectivity index (χ0) is 103. The van der Waals surface area contributed by atoms with E-state index >= 15 is 0 Å². The summed E-state index contributed by atoms with van der Waals surface area (Å²) in [5.41, 5.74) is -5.38. The highest BCUT2D eigenvalue weighted by molar-refractivity contribution is 7.93. The average Bonchev–Trinajstić information content (AvgIpc) is 1.74. The summed E-state index contributed by atoms with van der Waals surface area (Å²) in [6, 6.07) is 22.7. The summed E-state index contributed by atoms with van der Waals surface area (Å²) in [5, 5.41) is 18.8. The first-order valence-electron chi connectivity index (χ1n) is 39.6. The maximum absolute atomic E-state index is 13.8. The van der Waals surface area contributed by atoms with Crippen molar-refractivity contribution in [1.82, 2.24) is 49.8 Å². The zero-order valence-corrected chi connectivity index (χ0v) is 79.3. The van der Waals surface area contributed by atoms with E-state index in [1.54, 1.807) is 52.2 Å². The standard InChI is InChI=1S/C24H20ClF3N4O5S.C23H18ClF3N4O4S.C20H11Cl2F3N4O4S.C20H11Cl2F3N4O3S/c1-12(2)37-19-11-32(34)23-15(6-7-29-23)20(19)22(33)21-18(8-13(3)10-30-21)31-38(35,36)14-4-5-17(25)16(9-14)24(26,27)28;1-3-12-8-17(31-36(33,34)13-4-5-16(24)15(9-13)23(25,26)27)20(29-10-12)21(32)19-14-6-7-28-22(14)30-11-18(19)35-2;21-13-4-3-10(8-12(13)20(23,24)25)34(32,33)28-15-2-1-6-26-17(15)18(30)16-11-5-7-27-19(11)29(31)9-14(16)22;21-13-4-3-10(8-12(13)20(23,24)25)33(31,32)29-15-2-1-6-26-17(15)18(30)16-11-5-7-27-19(11)28-9-14(16)22/h4-12,34H,1-3H3,(H,31,33);4-11,31H,3H2,1-2H3,(H,28,30);1-9,31H,(H,28,30);1-9,29H,(H,27,28)/p+2. The van der Waals surface area contributed by atoms with Crippen molar-refractivity contribution < 1.29 is 135 Å². The molecule has 0 spiro atoms. The van der Waals surface area contributed by atoms with Gasteiger partial charge in [-0.25, -0.2) is 53.6 Å². The number of carbonyl (C=O) groups excluding carboxylic acids is 4. The minimum absolute atomic E-state index is 0.00306. The topological polar surface area (TPSA) is 460 Å². The largest absolute Gasteiger partial charge is 0.494 e. The number of ether oxygens (including phenoxy) is 2. The van der Waals surface area contributed by atoms with Crippen LogP contribution in [0, 0.1) is 6.92 Å². The number of ketones is 4. The summed E-state index contributed by atoms with van der Waals surface area (Å²) < 4.78 is 284. The van der Waals surface area contributed by atoms with Gasteiger partial charge in [0.25, 0.3) is 40.1 Å². The summed E-state index contributed by atoms with van der Waals surface area (Å²) in [4.78, 5) is 86.9. The minimum Gasteiger partial charge on any atom is -0.494 e. The van der Waals surface area contributed by atoms with Crippen molar-refractivity contribution in [3.8, 4) is 11.5 Å². The number of aryl methyl sites for hydroxylation is 2. The molecule has 0 radical (unpaired) electrons. The van der Waals surface area contributed by atoms with Crippen molar-refractivity contribution in [2.24, 2.45) is 0 Å². The lowest BCUT2D eigenvalue weighted by Gasteiger charge is -2.16. The van der Waals surface area contributed by atoms with Gasteiger partial charge in [0.05, 0.1) is 160 Å². The van der Waals surface area contributed by atoms with Crippen LogP contribution >= 0.6 is 69.6 Å². The van der Waals surface area contributed by atoms with Crippen LogP contribution in [0.1, 0.15) is 118 Å². The zero-order valence-electron chi connectivity index (χ0n) is 71.5. The Kier molecular flexibility index (Phi) is 30.1. The smallest absolute Gasteiger partial charge is 0.417 e. The number of aromatic amines is 4. The average molecular weight is 2160 g/mol. The van der Waals surface area contributed by atoms with Crippen LogP contribution in [0.4, 0.5) is 75.4 Å². The van der Waals surface area contributed by atoms with Crippen molar-refractivity contribution in [2.75, 3.05) is 26.0 Å². The normalized spacial score (nSPS) is 12.1. The molecule has 54 heteroatoms. The molecular formula is C87H62Cl6F12N16O16S4+2. The number of nitrogens with zero attached hydrogens (tertiary/aromatic N) is 8. The molecule has 0 fully saturated rings. The van der Waals surface area contributed by atoms with Gasteiger partial charge in [-0.05, 0) is 181 Å². The lowest BCUT2D eigenvalue weighted by Crippen LogP contribution is -2.32. The van der Waals surface area contributed by atoms with E-state index in [0.29, 0.717) is 68.6 Å². The number of fused-ring (bicyclic) bond motifs is 4. The van der Waals surface area contributed by atoms with Crippen LogP contribution in [0.5, 0.6) is 11.5 Å². The van der Waals surface area contributed by atoms with Crippen molar-refractivity contribution in [2.45, 2.75) is 84.5 Å². The molecular weight excluding hydrogens is 2090 g/mol. The summed E-state index contributed by atoms with van der Waals surface area (Å²) in [7, 11) is -17.0. The quantitative estimate of drug-likeness (QED) is 0.0116. The van der Waals surface area contributed by atoms with Crippen molar-refractivity contribution >= 4 is 200 Å². The van der Waals surface area contributed by atoms with Crippen LogP contribution in [-0.2, 0) is 71.2 Å². The maximum atomic E-state index is 13.8. The van der Waals surface area contributed by atoms with Crippen molar-refractivity contribution in [3.05, 3.63) is 316 Å². The highest BCUT2D eigenvalue weighted by Gasteiger charge is 2.41. The molecule has 32 nitrogen and oxygen atoms in total. The van der Waals surface area contributed by atoms with E-state index < -0.39 is 156 Å². The Hall–Kier alpha value is -14.0. The predicted molar refractivity (Wildman–Crippen MR) is 490 cm³/mol. The second-order valence-electron chi connectivity index (χ2n) is 29.8. The Morgan fingerprint density at radius 3 is 1.14 bits per heavy atom. The number of pyridine rings is 8. The highest BCUT2D eigenvalue weighted by atomic mass is 35.5. The molecule has 0 atom stereocenters. The number of hydrogen-bond donors (Lipinski definition) is 10. The molecule has 16 aromatic rings. The molecule has 141 heavy (non-hydrogen) atoms. The van der Waals surface area contributed by atoms with Gasteiger partial charge >= 0.3 is 36.0 Å². The fourth-order valence-electron chi connectivity index (χ4n) is 13.6. The molecule has 0 unspecified atom stereocenters. The fraction of sp³-hybridized carbons (Fsp3) is 0.126. The van der Waals surface area contributed by atoms with Crippen LogP contribution in [0.3, 0.4) is 0 Å². The molecule has 0 amide bonds. The SMILES string of the molecule is CCc1cnc(C(=O)c2c(OC)cnc3[nH]ccc23)c(NS(=O)(=O)c2ccc(Cl)c(C(F)(F)F)c2)c1.Cc1cnc(C(=O)c2c(OC(C)C)c[n+](O)c3[nH]ccc23)c(NS(=O)(=O)c2ccc(Cl)c(C(F)(F)F)c2)c1.O=C(c1ncccc1NS(=O)(=O)c1ccc(Cl)c(C(F)(F)F)c1)c1c(Cl)c[n+](O)c2[nH]ccc12.O=C(c1ncccc1NS(=O)(=O)c1ccc(Cl)c(C(F)(F)F)c1)c1c(Cl)cnc2[nH]ccc12. The summed E-state index contributed by atoms with van der Waals surface area (Å²) in [6.45, 7) is 6.81. The molecule has 0 aliphatic carbocycles. The Morgan fingerprint density at radius 2 is 0.738 bits per heavy atom. The third-order valence-electron chi connectivity index (χ3n) is 20.0. The van der Waals surface area contributed by atoms with Gasteiger partial charge in [0.15, 0.2) is 18.1 Å². The number of nitrogens with one attached hydrogen (secondary N) is 8. The molecule has 4 aromatic carbocycles. The molecule has 0 saturated carbocycles. The van der Waals surface area contributed by atoms with E-state index in [-0.39, 0.29) is 111 Å². The first-order chi connectivity index (χ1) is 66.0. The van der Waals surface area contributed by atoms with E-state index in [9.17, 15) is 116 Å². The summed E-state index contributed by atoms with van der Waals surface area (Å²) in [6.07, 6.45) is -3.31. The molecule has 0 saturated heterocycles. The summed E-state index contributed by atoms with van der Waals surface area (Å²) >= 11 is 34.7. The molecule has 10 N–H and O–H groups in total. The van der Waals surface area contributed by atoms with E-state index in [1.165, 1.54) is 111 Å². The van der Waals surface area contributed by atoms with Crippen molar-refractivity contribution in [3.63, 3.8) is 0 Å². The number of hydrogen-bond acceptors (Lipinski definition) is 22. The Morgan fingerprint density at radius 1 is 0.397 bits per heavy atom. The Bertz CT molecular complexity index is 8200. The number of alkyl halides is 12. The number of anilines is 4. The lowest BCUT2D eigenvalue weighted by molar-refractivity contribution is -0.886.